The van der Waals surface area contributed by atoms with Gasteiger partial charge in [-0.05, 0) is 0 Å². The molecule has 50 valence electrons. The van der Waals surface area contributed by atoms with E-state index in [0.29, 0.717) is 0 Å². The molecule has 0 aromatic carbocycles. The third kappa shape index (κ3) is 0.620. The summed E-state index contributed by atoms with van der Waals surface area (Å²) in [5.41, 5.74) is 0.951. The predicted octanol–water partition coefficient (Wildman–Crippen LogP) is 1.17. The Kier molecular flexibility index (Phi) is 1.01. The van der Waals surface area contributed by atoms with E-state index in [1.54, 1.807) is 0 Å². The molecule has 0 radical (unpaired) electrons. The summed E-state index contributed by atoms with van der Waals surface area (Å²) < 4.78 is 4.70. The van der Waals surface area contributed by atoms with Gasteiger partial charge in [0.2, 0.25) is 0 Å². The summed E-state index contributed by atoms with van der Waals surface area (Å²) in [7, 11) is 0. The Labute approximate surface area is 58.5 Å². The Morgan fingerprint density at radius 3 is 3.10 bits per heavy atom. The minimum absolute atomic E-state index is 0.134. The summed E-state index contributed by atoms with van der Waals surface area (Å²) >= 11 is 0. The maximum Gasteiger partial charge on any atom is 0.322 e. The van der Waals surface area contributed by atoms with Crippen LogP contribution < -0.4 is 0 Å². The van der Waals surface area contributed by atoms with Gasteiger partial charge in [0.05, 0.1) is 6.26 Å². The molecule has 0 N–H and O–H groups in total. The lowest BCUT2D eigenvalue weighted by atomic mass is 9.98. The third-order valence-corrected chi connectivity index (χ3v) is 1.63. The fraction of sp³-hybridized carbons (Fsp3) is 0.125. The van der Waals surface area contributed by atoms with Gasteiger partial charge in [0.25, 0.3) is 0 Å². The van der Waals surface area contributed by atoms with Gasteiger partial charge in [0.1, 0.15) is 5.92 Å². The molecule has 0 aromatic rings. The van der Waals surface area contributed by atoms with Crippen LogP contribution in [0.15, 0.2) is 36.1 Å². The van der Waals surface area contributed by atoms with Gasteiger partial charge in [-0.25, -0.2) is 0 Å². The van der Waals surface area contributed by atoms with Crippen molar-refractivity contribution in [3.63, 3.8) is 0 Å². The third-order valence-electron chi connectivity index (χ3n) is 1.63. The lowest BCUT2D eigenvalue weighted by molar-refractivity contribution is -0.137. The van der Waals surface area contributed by atoms with Crippen LogP contribution in [0.3, 0.4) is 0 Å². The molecule has 2 nitrogen and oxygen atoms in total. The number of esters is 1. The summed E-state index contributed by atoms with van der Waals surface area (Å²) in [6.45, 7) is 0. The van der Waals surface area contributed by atoms with E-state index in [-0.39, 0.29) is 11.9 Å². The fourth-order valence-corrected chi connectivity index (χ4v) is 1.08. The van der Waals surface area contributed by atoms with Crippen molar-refractivity contribution >= 4 is 5.97 Å². The van der Waals surface area contributed by atoms with Crippen LogP contribution in [0.1, 0.15) is 0 Å². The van der Waals surface area contributed by atoms with Crippen molar-refractivity contribution in [3.05, 3.63) is 36.1 Å². The average molecular weight is 134 g/mol. The standard InChI is InChI=1S/C8H6O2/c9-8-7-4-2-1-3-6(7)5-10-8/h1-5,7H/t7-/m1/s1. The molecule has 0 saturated heterocycles. The largest absolute Gasteiger partial charge is 0.433 e. The Bertz CT molecular complexity index is 258. The summed E-state index contributed by atoms with van der Waals surface area (Å²) in [4.78, 5) is 10.8. The first-order valence-corrected chi connectivity index (χ1v) is 3.13. The van der Waals surface area contributed by atoms with Gasteiger partial charge in [-0.2, -0.15) is 0 Å². The molecule has 2 rings (SSSR count). The SMILES string of the molecule is O=C1OC=C2C=CC=C[C@@H]12. The van der Waals surface area contributed by atoms with Gasteiger partial charge < -0.3 is 4.74 Å². The first kappa shape index (κ1) is 5.47. The highest BCUT2D eigenvalue weighted by molar-refractivity contribution is 5.82. The number of rotatable bonds is 0. The molecule has 2 heteroatoms. The monoisotopic (exact) mass is 134 g/mol. The van der Waals surface area contributed by atoms with E-state index < -0.39 is 0 Å². The van der Waals surface area contributed by atoms with Crippen LogP contribution in [-0.2, 0) is 9.53 Å². The maximum absolute atomic E-state index is 10.8. The lowest BCUT2D eigenvalue weighted by Gasteiger charge is -2.03. The molecule has 1 heterocycles. The molecule has 1 aliphatic carbocycles. The van der Waals surface area contributed by atoms with Crippen LogP contribution in [0.25, 0.3) is 0 Å². The number of carbonyl (C=O) groups is 1. The molecule has 10 heavy (non-hydrogen) atoms. The lowest BCUT2D eigenvalue weighted by Crippen LogP contribution is -2.08. The maximum atomic E-state index is 10.8. The van der Waals surface area contributed by atoms with Crippen LogP contribution in [-0.4, -0.2) is 5.97 Å². The Balaban J connectivity index is 2.39. The van der Waals surface area contributed by atoms with Crippen LogP contribution >= 0.6 is 0 Å². The summed E-state index contributed by atoms with van der Waals surface area (Å²) in [5.74, 6) is -0.305. The zero-order valence-electron chi connectivity index (χ0n) is 5.28. The molecule has 1 aliphatic heterocycles. The van der Waals surface area contributed by atoms with Crippen molar-refractivity contribution in [2.24, 2.45) is 5.92 Å². The van der Waals surface area contributed by atoms with Crippen molar-refractivity contribution in [2.75, 3.05) is 0 Å². The topological polar surface area (TPSA) is 26.3 Å². The average Bonchev–Trinajstić information content (AvgIpc) is 2.34. The van der Waals surface area contributed by atoms with E-state index in [0.717, 1.165) is 5.57 Å². The van der Waals surface area contributed by atoms with Crippen LogP contribution in [0.2, 0.25) is 0 Å². The van der Waals surface area contributed by atoms with E-state index >= 15 is 0 Å². The number of cyclic esters (lactones) is 1. The second-order valence-corrected chi connectivity index (χ2v) is 2.28. The van der Waals surface area contributed by atoms with Gasteiger partial charge >= 0.3 is 5.97 Å². The Hall–Kier alpha value is -1.31. The van der Waals surface area contributed by atoms with Crippen LogP contribution in [0, 0.1) is 5.92 Å². The van der Waals surface area contributed by atoms with Crippen molar-refractivity contribution in [1.82, 2.24) is 0 Å². The van der Waals surface area contributed by atoms with E-state index in [2.05, 4.69) is 0 Å². The fourth-order valence-electron chi connectivity index (χ4n) is 1.08. The van der Waals surface area contributed by atoms with Gasteiger partial charge in [-0.3, -0.25) is 4.79 Å². The number of carbonyl (C=O) groups excluding carboxylic acids is 1. The molecule has 0 amide bonds. The highest BCUT2D eigenvalue weighted by atomic mass is 16.5. The quantitative estimate of drug-likeness (QED) is 0.465. The summed E-state index contributed by atoms with van der Waals surface area (Å²) in [6.07, 6.45) is 8.97. The van der Waals surface area contributed by atoms with E-state index in [1.807, 2.05) is 24.3 Å². The molecule has 0 aromatic heterocycles. The first-order valence-electron chi connectivity index (χ1n) is 3.13. The number of ether oxygens (including phenoxy) is 1. The van der Waals surface area contributed by atoms with Gasteiger partial charge in [-0.1, -0.05) is 24.3 Å². The molecular weight excluding hydrogens is 128 g/mol. The highest BCUT2D eigenvalue weighted by Gasteiger charge is 2.26. The van der Waals surface area contributed by atoms with Crippen molar-refractivity contribution < 1.29 is 9.53 Å². The molecule has 1 atom stereocenters. The highest BCUT2D eigenvalue weighted by Crippen LogP contribution is 2.25. The minimum atomic E-state index is -0.171. The number of hydrogen-bond donors (Lipinski definition) is 0. The van der Waals surface area contributed by atoms with Crippen molar-refractivity contribution in [3.8, 4) is 0 Å². The molecule has 2 aliphatic rings. The van der Waals surface area contributed by atoms with Crippen molar-refractivity contribution in [2.45, 2.75) is 0 Å². The van der Waals surface area contributed by atoms with E-state index in [9.17, 15) is 4.79 Å². The first-order chi connectivity index (χ1) is 4.88. The molecule has 0 unspecified atom stereocenters. The molecule has 0 bridgehead atoms. The van der Waals surface area contributed by atoms with Gasteiger partial charge in [0.15, 0.2) is 0 Å². The second-order valence-electron chi connectivity index (χ2n) is 2.28. The normalized spacial score (nSPS) is 27.8. The van der Waals surface area contributed by atoms with Crippen LogP contribution in [0.5, 0.6) is 0 Å². The smallest absolute Gasteiger partial charge is 0.322 e. The van der Waals surface area contributed by atoms with E-state index in [4.69, 9.17) is 4.74 Å². The Morgan fingerprint density at radius 1 is 1.40 bits per heavy atom. The Morgan fingerprint density at radius 2 is 2.30 bits per heavy atom. The number of allylic oxidation sites excluding steroid dienone is 3. The zero-order chi connectivity index (χ0) is 6.97. The zero-order valence-corrected chi connectivity index (χ0v) is 5.28. The van der Waals surface area contributed by atoms with Crippen molar-refractivity contribution in [1.29, 1.82) is 0 Å². The summed E-state index contributed by atoms with van der Waals surface area (Å²) in [5, 5.41) is 0. The summed E-state index contributed by atoms with van der Waals surface area (Å²) in [6, 6.07) is 0. The minimum Gasteiger partial charge on any atom is -0.433 e. The number of fused-ring (bicyclic) bond motifs is 1. The molecular formula is C8H6O2. The molecule has 0 spiro atoms. The van der Waals surface area contributed by atoms with Crippen LogP contribution in [0.4, 0.5) is 0 Å². The van der Waals surface area contributed by atoms with E-state index in [1.165, 1.54) is 6.26 Å². The van der Waals surface area contributed by atoms with Gasteiger partial charge in [-0.15, -0.1) is 0 Å². The predicted molar refractivity (Wildman–Crippen MR) is 35.9 cm³/mol. The number of hydrogen-bond acceptors (Lipinski definition) is 2. The van der Waals surface area contributed by atoms with Gasteiger partial charge in [0, 0.05) is 5.57 Å². The molecule has 0 saturated carbocycles. The molecule has 0 fully saturated rings. The second kappa shape index (κ2) is 1.84.